The molecule has 3 rings (SSSR count). The minimum absolute atomic E-state index is 0. The van der Waals surface area contributed by atoms with Gasteiger partial charge in [-0.05, 0) is 37.6 Å². The smallest absolute Gasteiger partial charge is 0.193 e. The largest absolute Gasteiger partial charge is 0.469 e. The summed E-state index contributed by atoms with van der Waals surface area (Å²) in [5, 5.41) is 13.4. The first-order valence-corrected chi connectivity index (χ1v) is 10.6. The maximum Gasteiger partial charge on any atom is 0.193 e. The minimum Gasteiger partial charge on any atom is -0.469 e. The van der Waals surface area contributed by atoms with Crippen molar-refractivity contribution in [2.45, 2.75) is 30.8 Å². The molecule has 1 aliphatic heterocycles. The summed E-state index contributed by atoms with van der Waals surface area (Å²) in [7, 11) is 0. The molecule has 2 N–H and O–H groups in total. The van der Waals surface area contributed by atoms with E-state index in [0.717, 1.165) is 49.9 Å². The van der Waals surface area contributed by atoms with Crippen LogP contribution in [0.25, 0.3) is 0 Å². The lowest BCUT2D eigenvalue weighted by atomic mass is 10.0. The van der Waals surface area contributed by atoms with Gasteiger partial charge in [-0.3, -0.25) is 4.99 Å². The van der Waals surface area contributed by atoms with Crippen LogP contribution in [0.15, 0.2) is 63.0 Å². The summed E-state index contributed by atoms with van der Waals surface area (Å²) in [6.07, 6.45) is 3.24. The number of benzene rings is 1. The first-order valence-electron chi connectivity index (χ1n) is 9.64. The Morgan fingerprint density at radius 3 is 2.82 bits per heavy atom. The lowest BCUT2D eigenvalue weighted by Gasteiger charge is -2.23. The third-order valence-electron chi connectivity index (χ3n) is 4.80. The van der Waals surface area contributed by atoms with E-state index in [9.17, 15) is 5.11 Å². The van der Waals surface area contributed by atoms with Gasteiger partial charge in [0.05, 0.1) is 12.4 Å². The number of halogens is 1. The second kappa shape index (κ2) is 12.4. The molecule has 0 aliphatic carbocycles. The van der Waals surface area contributed by atoms with Crippen LogP contribution in [0.5, 0.6) is 0 Å². The number of furan rings is 1. The van der Waals surface area contributed by atoms with Gasteiger partial charge in [0.2, 0.25) is 0 Å². The second-order valence-electron chi connectivity index (χ2n) is 6.86. The molecule has 1 aromatic carbocycles. The molecule has 7 heteroatoms. The van der Waals surface area contributed by atoms with Gasteiger partial charge in [0.1, 0.15) is 5.76 Å². The molecule has 2 atom stereocenters. The van der Waals surface area contributed by atoms with E-state index in [2.05, 4.69) is 34.5 Å². The Balaban J connectivity index is 0.00000280. The summed E-state index contributed by atoms with van der Waals surface area (Å²) < 4.78 is 5.40. The number of aliphatic imine (C=N–C) groups is 1. The van der Waals surface area contributed by atoms with Crippen LogP contribution in [-0.4, -0.2) is 54.0 Å². The molecule has 2 heterocycles. The number of likely N-dealkylation sites (tertiary alicyclic amines) is 1. The van der Waals surface area contributed by atoms with Crippen molar-refractivity contribution in [3.05, 3.63) is 54.5 Å². The summed E-state index contributed by atoms with van der Waals surface area (Å²) in [4.78, 5) is 8.35. The quantitative estimate of drug-likeness (QED) is 0.184. The molecule has 1 fully saturated rings. The number of hydrogen-bond donors (Lipinski definition) is 2. The zero-order valence-corrected chi connectivity index (χ0v) is 19.4. The SMILES string of the molecule is CC(O)C1CCN(C(=NCCc2ccco2)NCCSc2ccccc2)C1.I. The van der Waals surface area contributed by atoms with E-state index in [1.165, 1.54) is 4.90 Å². The van der Waals surface area contributed by atoms with Crippen LogP contribution in [0.2, 0.25) is 0 Å². The summed E-state index contributed by atoms with van der Waals surface area (Å²) in [5.74, 6) is 3.20. The predicted octanol–water partition coefficient (Wildman–Crippen LogP) is 3.88. The monoisotopic (exact) mass is 515 g/mol. The topological polar surface area (TPSA) is 61.0 Å². The van der Waals surface area contributed by atoms with E-state index in [-0.39, 0.29) is 30.1 Å². The van der Waals surface area contributed by atoms with E-state index < -0.39 is 0 Å². The van der Waals surface area contributed by atoms with Gasteiger partial charge in [-0.15, -0.1) is 35.7 Å². The zero-order valence-electron chi connectivity index (χ0n) is 16.3. The number of rotatable bonds is 8. The lowest BCUT2D eigenvalue weighted by Crippen LogP contribution is -2.41. The Labute approximate surface area is 189 Å². The van der Waals surface area contributed by atoms with Crippen LogP contribution in [-0.2, 0) is 6.42 Å². The maximum absolute atomic E-state index is 9.89. The fourth-order valence-corrected chi connectivity index (χ4v) is 4.01. The second-order valence-corrected chi connectivity index (χ2v) is 8.03. The number of thioether (sulfide) groups is 1. The van der Waals surface area contributed by atoms with E-state index in [0.29, 0.717) is 12.5 Å². The Morgan fingerprint density at radius 1 is 1.32 bits per heavy atom. The van der Waals surface area contributed by atoms with E-state index in [1.807, 2.05) is 36.9 Å². The van der Waals surface area contributed by atoms with Crippen molar-refractivity contribution in [3.63, 3.8) is 0 Å². The Hall–Kier alpha value is -1.19. The van der Waals surface area contributed by atoms with Crippen LogP contribution < -0.4 is 5.32 Å². The Kier molecular flexibility index (Phi) is 10.2. The van der Waals surface area contributed by atoms with Crippen molar-refractivity contribution >= 4 is 41.7 Å². The lowest BCUT2D eigenvalue weighted by molar-refractivity contribution is 0.132. The van der Waals surface area contributed by atoms with Crippen molar-refractivity contribution in [2.75, 3.05) is 31.9 Å². The molecule has 0 spiro atoms. The first kappa shape index (κ1) is 23.1. The molecule has 0 bridgehead atoms. The molecule has 1 saturated heterocycles. The predicted molar refractivity (Wildman–Crippen MR) is 127 cm³/mol. The van der Waals surface area contributed by atoms with Gasteiger partial charge in [-0.1, -0.05) is 18.2 Å². The molecule has 1 aromatic heterocycles. The van der Waals surface area contributed by atoms with Crippen molar-refractivity contribution in [1.82, 2.24) is 10.2 Å². The highest BCUT2D eigenvalue weighted by Crippen LogP contribution is 2.20. The van der Waals surface area contributed by atoms with Crippen molar-refractivity contribution < 1.29 is 9.52 Å². The molecule has 2 aromatic rings. The van der Waals surface area contributed by atoms with Crippen molar-refractivity contribution in [1.29, 1.82) is 0 Å². The van der Waals surface area contributed by atoms with Gasteiger partial charge in [0.15, 0.2) is 5.96 Å². The maximum atomic E-state index is 9.89. The van der Waals surface area contributed by atoms with E-state index in [1.54, 1.807) is 6.26 Å². The number of nitrogens with one attached hydrogen (secondary N) is 1. The van der Waals surface area contributed by atoms with E-state index in [4.69, 9.17) is 9.41 Å². The molecule has 0 radical (unpaired) electrons. The average Bonchev–Trinajstić information content (AvgIpc) is 3.36. The van der Waals surface area contributed by atoms with Crippen molar-refractivity contribution in [2.24, 2.45) is 10.9 Å². The van der Waals surface area contributed by atoms with Gasteiger partial charge < -0.3 is 19.7 Å². The van der Waals surface area contributed by atoms with Gasteiger partial charge >= 0.3 is 0 Å². The molecular weight excluding hydrogens is 485 g/mol. The van der Waals surface area contributed by atoms with E-state index >= 15 is 0 Å². The van der Waals surface area contributed by atoms with Crippen LogP contribution in [0.3, 0.4) is 0 Å². The van der Waals surface area contributed by atoms with Crippen molar-refractivity contribution in [3.8, 4) is 0 Å². The average molecular weight is 515 g/mol. The highest BCUT2D eigenvalue weighted by Gasteiger charge is 2.27. The van der Waals surface area contributed by atoms with Crippen LogP contribution in [0, 0.1) is 5.92 Å². The summed E-state index contributed by atoms with van der Waals surface area (Å²) >= 11 is 1.84. The van der Waals surface area contributed by atoms with Crippen LogP contribution >= 0.6 is 35.7 Å². The van der Waals surface area contributed by atoms with Gasteiger partial charge in [0.25, 0.3) is 0 Å². The normalized spacial score (nSPS) is 18.0. The van der Waals surface area contributed by atoms with Crippen LogP contribution in [0.4, 0.5) is 0 Å². The fraction of sp³-hybridized carbons (Fsp3) is 0.476. The highest BCUT2D eigenvalue weighted by molar-refractivity contribution is 14.0. The molecule has 28 heavy (non-hydrogen) atoms. The molecule has 154 valence electrons. The molecule has 5 nitrogen and oxygen atoms in total. The Morgan fingerprint density at radius 2 is 2.14 bits per heavy atom. The summed E-state index contributed by atoms with van der Waals surface area (Å²) in [5.41, 5.74) is 0. The minimum atomic E-state index is -0.270. The van der Waals surface area contributed by atoms with Crippen LogP contribution in [0.1, 0.15) is 19.1 Å². The molecule has 1 aliphatic rings. The molecule has 0 saturated carbocycles. The highest BCUT2D eigenvalue weighted by atomic mass is 127. The Bertz CT molecular complexity index is 695. The first-order chi connectivity index (χ1) is 13.2. The zero-order chi connectivity index (χ0) is 18.9. The van der Waals surface area contributed by atoms with Gasteiger partial charge in [-0.2, -0.15) is 0 Å². The third kappa shape index (κ3) is 7.33. The number of hydrogen-bond acceptors (Lipinski definition) is 4. The van der Waals surface area contributed by atoms with Gasteiger partial charge in [-0.25, -0.2) is 0 Å². The summed E-state index contributed by atoms with van der Waals surface area (Å²) in [6.45, 7) is 5.22. The number of aliphatic hydroxyl groups excluding tert-OH is 1. The number of nitrogens with zero attached hydrogens (tertiary/aromatic N) is 2. The molecular formula is C21H30IN3O2S. The molecule has 2 unspecified atom stereocenters. The standard InChI is InChI=1S/C21H29N3O2S.HI/c1-17(25)18-10-13-24(16-18)21(22-11-9-19-6-5-14-26-19)23-12-15-27-20-7-3-2-4-8-20;/h2-8,14,17-18,25H,9-13,15-16H2,1H3,(H,22,23);1H. The summed E-state index contributed by atoms with van der Waals surface area (Å²) in [6, 6.07) is 14.3. The molecule has 0 amide bonds. The van der Waals surface area contributed by atoms with Gasteiger partial charge in [0, 0.05) is 49.2 Å². The number of guanidine groups is 1. The fourth-order valence-electron chi connectivity index (χ4n) is 3.22. The third-order valence-corrected chi connectivity index (χ3v) is 5.82. The number of aliphatic hydroxyl groups is 1.